The van der Waals surface area contributed by atoms with Crippen LogP contribution in [-0.4, -0.2) is 48.1 Å². The predicted molar refractivity (Wildman–Crippen MR) is 81.2 cm³/mol. The Kier molecular flexibility index (Phi) is 4.82. The molecule has 1 amide bonds. The number of thiazole rings is 1. The summed E-state index contributed by atoms with van der Waals surface area (Å²) in [5.41, 5.74) is 5.87. The van der Waals surface area contributed by atoms with Gasteiger partial charge in [0.2, 0.25) is 0 Å². The number of amides is 1. The first-order chi connectivity index (χ1) is 9.54. The Bertz CT molecular complexity index is 477. The summed E-state index contributed by atoms with van der Waals surface area (Å²) in [6, 6.07) is 0.107. The molecule has 3 N–H and O–H groups in total. The Morgan fingerprint density at radius 3 is 3.00 bits per heavy atom. The van der Waals surface area contributed by atoms with Crippen LogP contribution >= 0.6 is 11.3 Å². The van der Waals surface area contributed by atoms with E-state index in [1.807, 2.05) is 6.92 Å². The van der Waals surface area contributed by atoms with Gasteiger partial charge in [0, 0.05) is 20.2 Å². The van der Waals surface area contributed by atoms with Crippen LogP contribution < -0.4 is 11.1 Å². The van der Waals surface area contributed by atoms with Gasteiger partial charge in [-0.25, -0.2) is 4.98 Å². The summed E-state index contributed by atoms with van der Waals surface area (Å²) in [5.74, 6) is 0.226. The fraction of sp³-hybridized carbons (Fsp3) is 0.692. The number of nitrogens with zero attached hydrogens (tertiary/aromatic N) is 2. The number of anilines is 2. The third kappa shape index (κ3) is 3.04. The zero-order chi connectivity index (χ0) is 14.7. The number of aromatic nitrogens is 1. The minimum absolute atomic E-state index is 0.0655. The van der Waals surface area contributed by atoms with Gasteiger partial charge < -0.3 is 20.7 Å². The average Bonchev–Trinajstić information content (AvgIpc) is 3.01. The molecule has 7 heteroatoms. The van der Waals surface area contributed by atoms with Gasteiger partial charge in [0.1, 0.15) is 10.7 Å². The maximum absolute atomic E-state index is 12.5. The molecule has 1 aromatic rings. The minimum Gasteiger partial charge on any atom is -0.382 e. The zero-order valence-corrected chi connectivity index (χ0v) is 13.0. The van der Waals surface area contributed by atoms with Crippen molar-refractivity contribution in [2.75, 3.05) is 31.2 Å². The molecule has 1 aromatic heterocycles. The van der Waals surface area contributed by atoms with Gasteiger partial charge in [-0.1, -0.05) is 18.3 Å². The van der Waals surface area contributed by atoms with Gasteiger partial charge in [-0.05, 0) is 19.8 Å². The molecule has 1 aliphatic heterocycles. The summed E-state index contributed by atoms with van der Waals surface area (Å²) in [6.07, 6.45) is 1.93. The van der Waals surface area contributed by atoms with Gasteiger partial charge in [-0.3, -0.25) is 4.79 Å². The van der Waals surface area contributed by atoms with Crippen LogP contribution in [0.25, 0.3) is 0 Å². The highest BCUT2D eigenvalue weighted by Crippen LogP contribution is 2.28. The molecular formula is C13H22N4O2S. The van der Waals surface area contributed by atoms with Gasteiger partial charge in [-0.15, -0.1) is 0 Å². The van der Waals surface area contributed by atoms with Crippen molar-refractivity contribution in [2.24, 2.45) is 0 Å². The number of likely N-dealkylation sites (N-methyl/N-ethyl adjacent to an activating group) is 1. The maximum atomic E-state index is 12.5. The van der Waals surface area contributed by atoms with Crippen LogP contribution in [0.1, 0.15) is 36.4 Å². The van der Waals surface area contributed by atoms with E-state index in [4.69, 9.17) is 10.5 Å². The number of nitrogens with one attached hydrogen (secondary N) is 1. The third-order valence-electron chi connectivity index (χ3n) is 3.53. The first-order valence-electron chi connectivity index (χ1n) is 6.93. The van der Waals surface area contributed by atoms with Crippen LogP contribution in [0, 0.1) is 0 Å². The van der Waals surface area contributed by atoms with Crippen molar-refractivity contribution in [3.63, 3.8) is 0 Å². The van der Waals surface area contributed by atoms with E-state index in [1.54, 1.807) is 11.9 Å². The van der Waals surface area contributed by atoms with E-state index in [1.165, 1.54) is 11.3 Å². The van der Waals surface area contributed by atoms with Crippen LogP contribution in [-0.2, 0) is 4.74 Å². The van der Waals surface area contributed by atoms with Crippen molar-refractivity contribution < 1.29 is 9.53 Å². The smallest absolute Gasteiger partial charge is 0.267 e. The average molecular weight is 298 g/mol. The van der Waals surface area contributed by atoms with Crippen LogP contribution in [0.4, 0.5) is 10.9 Å². The molecule has 20 heavy (non-hydrogen) atoms. The van der Waals surface area contributed by atoms with Crippen molar-refractivity contribution >= 4 is 28.2 Å². The van der Waals surface area contributed by atoms with E-state index in [0.29, 0.717) is 22.4 Å². The Labute approximate surface area is 123 Å². The number of rotatable bonds is 5. The summed E-state index contributed by atoms with van der Waals surface area (Å²) in [7, 11) is 1.80. The lowest BCUT2D eigenvalue weighted by atomic mass is 10.1. The van der Waals surface area contributed by atoms with Gasteiger partial charge in [0.25, 0.3) is 5.91 Å². The number of ether oxygens (including phenoxy) is 1. The summed E-state index contributed by atoms with van der Waals surface area (Å²) < 4.78 is 5.51. The summed E-state index contributed by atoms with van der Waals surface area (Å²) in [6.45, 7) is 5.59. The van der Waals surface area contributed by atoms with Crippen molar-refractivity contribution in [1.82, 2.24) is 9.88 Å². The fourth-order valence-electron chi connectivity index (χ4n) is 2.33. The molecule has 2 atom stereocenters. The number of carbonyl (C=O) groups excluding carboxylic acids is 1. The molecule has 0 bridgehead atoms. The molecular weight excluding hydrogens is 276 g/mol. The Morgan fingerprint density at radius 2 is 2.40 bits per heavy atom. The molecule has 0 radical (unpaired) electrons. The van der Waals surface area contributed by atoms with E-state index in [2.05, 4.69) is 17.2 Å². The monoisotopic (exact) mass is 298 g/mol. The quantitative estimate of drug-likeness (QED) is 0.866. The largest absolute Gasteiger partial charge is 0.382 e. The molecule has 112 valence electrons. The lowest BCUT2D eigenvalue weighted by Gasteiger charge is -2.26. The van der Waals surface area contributed by atoms with E-state index < -0.39 is 0 Å². The zero-order valence-electron chi connectivity index (χ0n) is 12.2. The van der Waals surface area contributed by atoms with E-state index in [9.17, 15) is 4.79 Å². The second-order valence-electron chi connectivity index (χ2n) is 5.01. The first-order valence-corrected chi connectivity index (χ1v) is 7.75. The standard InChI is InChI=1S/C13H22N4O2S/c1-4-6-15-13-16-11(14)10(20-13)12(18)17(3)9-5-7-19-8(9)2/h8-9H,4-7,14H2,1-3H3,(H,15,16). The summed E-state index contributed by atoms with van der Waals surface area (Å²) in [5, 5.41) is 3.87. The highest BCUT2D eigenvalue weighted by molar-refractivity contribution is 7.18. The van der Waals surface area contributed by atoms with Crippen LogP contribution in [0.15, 0.2) is 0 Å². The highest BCUT2D eigenvalue weighted by atomic mass is 32.1. The van der Waals surface area contributed by atoms with Crippen molar-refractivity contribution in [2.45, 2.75) is 38.8 Å². The Balaban J connectivity index is 2.10. The number of hydrogen-bond acceptors (Lipinski definition) is 6. The number of nitrogens with two attached hydrogens (primary N) is 1. The topological polar surface area (TPSA) is 80.5 Å². The molecule has 2 rings (SSSR count). The van der Waals surface area contributed by atoms with Gasteiger partial charge in [0.15, 0.2) is 5.13 Å². The van der Waals surface area contributed by atoms with Crippen molar-refractivity contribution in [3.8, 4) is 0 Å². The molecule has 2 heterocycles. The molecule has 6 nitrogen and oxygen atoms in total. The SMILES string of the molecule is CCCNc1nc(N)c(C(=O)N(C)C2CCOC2C)s1. The first kappa shape index (κ1) is 15.1. The number of nitrogen functional groups attached to an aromatic ring is 1. The van der Waals surface area contributed by atoms with Crippen LogP contribution in [0.2, 0.25) is 0 Å². The molecule has 0 aliphatic carbocycles. The fourth-order valence-corrected chi connectivity index (χ4v) is 3.23. The molecule has 0 spiro atoms. The van der Waals surface area contributed by atoms with Crippen molar-refractivity contribution in [1.29, 1.82) is 0 Å². The lowest BCUT2D eigenvalue weighted by Crippen LogP contribution is -2.40. The highest BCUT2D eigenvalue weighted by Gasteiger charge is 2.32. The lowest BCUT2D eigenvalue weighted by molar-refractivity contribution is 0.0579. The van der Waals surface area contributed by atoms with Crippen LogP contribution in [0.5, 0.6) is 0 Å². The van der Waals surface area contributed by atoms with Gasteiger partial charge in [0.05, 0.1) is 12.1 Å². The number of carbonyl (C=O) groups is 1. The van der Waals surface area contributed by atoms with Crippen molar-refractivity contribution in [3.05, 3.63) is 4.88 Å². The van der Waals surface area contributed by atoms with E-state index >= 15 is 0 Å². The normalized spacial score (nSPS) is 21.9. The predicted octanol–water partition coefficient (Wildman–Crippen LogP) is 1.80. The Morgan fingerprint density at radius 1 is 1.65 bits per heavy atom. The molecule has 1 aliphatic rings. The molecule has 1 fully saturated rings. The maximum Gasteiger partial charge on any atom is 0.267 e. The molecule has 1 saturated heterocycles. The summed E-state index contributed by atoms with van der Waals surface area (Å²) >= 11 is 1.32. The summed E-state index contributed by atoms with van der Waals surface area (Å²) in [4.78, 5) is 19.0. The van der Waals surface area contributed by atoms with E-state index in [0.717, 1.165) is 19.4 Å². The Hall–Kier alpha value is -1.34. The second-order valence-corrected chi connectivity index (χ2v) is 6.01. The van der Waals surface area contributed by atoms with Crippen LogP contribution in [0.3, 0.4) is 0 Å². The van der Waals surface area contributed by atoms with Gasteiger partial charge in [-0.2, -0.15) is 0 Å². The minimum atomic E-state index is -0.0769. The molecule has 0 saturated carbocycles. The number of hydrogen-bond donors (Lipinski definition) is 2. The van der Waals surface area contributed by atoms with Gasteiger partial charge >= 0.3 is 0 Å². The van der Waals surface area contributed by atoms with E-state index in [-0.39, 0.29) is 18.1 Å². The second kappa shape index (κ2) is 6.41. The molecule has 2 unspecified atom stereocenters. The third-order valence-corrected chi connectivity index (χ3v) is 4.54. The molecule has 0 aromatic carbocycles.